The molecule has 9 heteroatoms. The summed E-state index contributed by atoms with van der Waals surface area (Å²) in [5.41, 5.74) is 0.102. The zero-order valence-electron chi connectivity index (χ0n) is 15.0. The van der Waals surface area contributed by atoms with E-state index in [-0.39, 0.29) is 28.6 Å². The number of para-hydroxylation sites is 2. The van der Waals surface area contributed by atoms with Gasteiger partial charge in [0.1, 0.15) is 17.6 Å². The predicted octanol–water partition coefficient (Wildman–Crippen LogP) is 4.41. The second kappa shape index (κ2) is 8.79. The number of benzene rings is 2. The van der Waals surface area contributed by atoms with E-state index in [9.17, 15) is 18.7 Å². The van der Waals surface area contributed by atoms with Gasteiger partial charge in [0, 0.05) is 5.56 Å². The predicted molar refractivity (Wildman–Crippen MR) is 97.6 cm³/mol. The molecule has 0 fully saturated rings. The van der Waals surface area contributed by atoms with Gasteiger partial charge < -0.3 is 19.3 Å². The van der Waals surface area contributed by atoms with Crippen LogP contribution in [-0.4, -0.2) is 28.2 Å². The molecule has 0 aliphatic heterocycles. The number of hydrogen-bond donors (Lipinski definition) is 1. The number of halogens is 2. The largest absolute Gasteiger partial charge is 0.503 e. The summed E-state index contributed by atoms with van der Waals surface area (Å²) < 4.78 is 43.2. The van der Waals surface area contributed by atoms with Crippen molar-refractivity contribution in [3.05, 3.63) is 78.3 Å². The Bertz CT molecular complexity index is 1050. The highest BCUT2D eigenvalue weighted by atomic mass is 19.1. The van der Waals surface area contributed by atoms with Gasteiger partial charge in [0.2, 0.25) is 17.5 Å². The molecule has 3 rings (SSSR count). The summed E-state index contributed by atoms with van der Waals surface area (Å²) in [5.74, 6) is -3.65. The van der Waals surface area contributed by atoms with Crippen LogP contribution >= 0.6 is 0 Å². The Morgan fingerprint density at radius 3 is 2.31 bits per heavy atom. The molecule has 29 heavy (non-hydrogen) atoms. The first-order chi connectivity index (χ1) is 14.0. The highest BCUT2D eigenvalue weighted by Crippen LogP contribution is 2.32. The van der Waals surface area contributed by atoms with Gasteiger partial charge >= 0.3 is 5.97 Å². The third-order valence-electron chi connectivity index (χ3n) is 3.60. The molecule has 0 spiro atoms. The number of nitrogens with zero attached hydrogens (tertiary/aromatic N) is 2. The van der Waals surface area contributed by atoms with Crippen molar-refractivity contribution in [2.24, 2.45) is 0 Å². The number of aromatic nitrogens is 2. The molecule has 1 N–H and O–H groups in total. The number of carbonyl (C=O) groups is 1. The smallest absolute Gasteiger partial charge is 0.339 e. The Morgan fingerprint density at radius 1 is 1.00 bits per heavy atom. The minimum atomic E-state index is -1.22. The zero-order valence-corrected chi connectivity index (χ0v) is 15.0. The Labute approximate surface area is 163 Å². The van der Waals surface area contributed by atoms with Crippen molar-refractivity contribution < 1.29 is 32.9 Å². The van der Waals surface area contributed by atoms with E-state index in [1.54, 1.807) is 12.1 Å². The SMILES string of the molecule is COC=C(C(=O)O)c1ccccc1Oc1cc(Oc2c(F)cccc2F)ncn1. The van der Waals surface area contributed by atoms with E-state index in [4.69, 9.17) is 14.2 Å². The lowest BCUT2D eigenvalue weighted by Gasteiger charge is -2.12. The van der Waals surface area contributed by atoms with Crippen LogP contribution in [0.2, 0.25) is 0 Å². The van der Waals surface area contributed by atoms with E-state index in [1.807, 2.05) is 0 Å². The van der Waals surface area contributed by atoms with E-state index in [0.717, 1.165) is 24.7 Å². The highest BCUT2D eigenvalue weighted by Gasteiger charge is 2.17. The molecule has 2 aromatic carbocycles. The number of carboxylic acids is 1. The summed E-state index contributed by atoms with van der Waals surface area (Å²) in [4.78, 5) is 19.2. The minimum Gasteiger partial charge on any atom is -0.503 e. The molecule has 0 aliphatic rings. The minimum absolute atomic E-state index is 0.0265. The van der Waals surface area contributed by atoms with Crippen molar-refractivity contribution in [2.75, 3.05) is 7.11 Å². The summed E-state index contributed by atoms with van der Waals surface area (Å²) in [7, 11) is 1.32. The number of aliphatic carboxylic acids is 1. The first kappa shape index (κ1) is 19.7. The van der Waals surface area contributed by atoms with Crippen molar-refractivity contribution in [3.8, 4) is 23.3 Å². The molecular formula is C20H14F2N2O5. The fourth-order valence-electron chi connectivity index (χ4n) is 2.36. The molecule has 0 saturated heterocycles. The Balaban J connectivity index is 1.90. The number of carboxylic acid groups (broad SMARTS) is 1. The first-order valence-corrected chi connectivity index (χ1v) is 8.17. The van der Waals surface area contributed by atoms with Crippen LogP contribution in [0.15, 0.2) is 61.1 Å². The van der Waals surface area contributed by atoms with Crippen LogP contribution in [0, 0.1) is 11.6 Å². The molecule has 0 unspecified atom stereocenters. The summed E-state index contributed by atoms with van der Waals surface area (Å²) >= 11 is 0. The lowest BCUT2D eigenvalue weighted by atomic mass is 10.1. The second-order valence-electron chi connectivity index (χ2n) is 5.52. The van der Waals surface area contributed by atoms with Crippen LogP contribution < -0.4 is 9.47 Å². The van der Waals surface area contributed by atoms with Crippen molar-refractivity contribution in [2.45, 2.75) is 0 Å². The van der Waals surface area contributed by atoms with Gasteiger partial charge in [-0.25, -0.2) is 23.5 Å². The van der Waals surface area contributed by atoms with Gasteiger partial charge in [0.15, 0.2) is 11.6 Å². The average molecular weight is 400 g/mol. The van der Waals surface area contributed by atoms with Gasteiger partial charge in [-0.3, -0.25) is 0 Å². The summed E-state index contributed by atoms with van der Waals surface area (Å²) in [6.45, 7) is 0. The Hall–Kier alpha value is -4.01. The molecule has 0 aliphatic carbocycles. The molecule has 1 aromatic heterocycles. The van der Waals surface area contributed by atoms with Crippen molar-refractivity contribution >= 4 is 11.5 Å². The number of hydrogen-bond acceptors (Lipinski definition) is 6. The monoisotopic (exact) mass is 400 g/mol. The van der Waals surface area contributed by atoms with Crippen LogP contribution in [-0.2, 0) is 9.53 Å². The fourth-order valence-corrected chi connectivity index (χ4v) is 2.36. The van der Waals surface area contributed by atoms with Crippen LogP contribution in [0.5, 0.6) is 23.3 Å². The molecule has 0 atom stereocenters. The lowest BCUT2D eigenvalue weighted by molar-refractivity contribution is -0.130. The molecule has 3 aromatic rings. The van der Waals surface area contributed by atoms with Gasteiger partial charge in [-0.15, -0.1) is 0 Å². The van der Waals surface area contributed by atoms with Crippen molar-refractivity contribution in [1.29, 1.82) is 0 Å². The van der Waals surface area contributed by atoms with E-state index in [1.165, 1.54) is 31.4 Å². The number of methoxy groups -OCH3 is 1. The van der Waals surface area contributed by atoms with Gasteiger partial charge in [-0.05, 0) is 18.2 Å². The molecule has 0 amide bonds. The average Bonchev–Trinajstić information content (AvgIpc) is 2.70. The van der Waals surface area contributed by atoms with E-state index < -0.39 is 23.4 Å². The van der Waals surface area contributed by atoms with E-state index in [2.05, 4.69) is 9.97 Å². The third kappa shape index (κ3) is 4.64. The van der Waals surface area contributed by atoms with Gasteiger partial charge in [-0.1, -0.05) is 24.3 Å². The van der Waals surface area contributed by atoms with E-state index >= 15 is 0 Å². The standard InChI is InChI=1S/C20H14F2N2O5/c1-27-10-13(20(25)26)12-5-2-3-8-16(12)28-17-9-18(24-11-23-17)29-19-14(21)6-4-7-15(19)22/h2-11H,1H3,(H,25,26). The van der Waals surface area contributed by atoms with Gasteiger partial charge in [0.25, 0.3) is 0 Å². The summed E-state index contributed by atoms with van der Waals surface area (Å²) in [5, 5.41) is 9.39. The normalized spacial score (nSPS) is 11.1. The topological polar surface area (TPSA) is 90.8 Å². The quantitative estimate of drug-likeness (QED) is 0.464. The molecule has 0 saturated carbocycles. The molecule has 1 heterocycles. The first-order valence-electron chi connectivity index (χ1n) is 8.17. The maximum atomic E-state index is 13.8. The number of rotatable bonds is 7. The van der Waals surface area contributed by atoms with Crippen LogP contribution in [0.3, 0.4) is 0 Å². The molecule has 148 valence electrons. The third-order valence-corrected chi connectivity index (χ3v) is 3.60. The number of ether oxygens (including phenoxy) is 3. The maximum absolute atomic E-state index is 13.8. The van der Waals surface area contributed by atoms with E-state index in [0.29, 0.717) is 0 Å². The lowest BCUT2D eigenvalue weighted by Crippen LogP contribution is -2.03. The van der Waals surface area contributed by atoms with Crippen LogP contribution in [0.25, 0.3) is 5.57 Å². The van der Waals surface area contributed by atoms with Gasteiger partial charge in [-0.2, -0.15) is 0 Å². The highest BCUT2D eigenvalue weighted by molar-refractivity contribution is 6.15. The Morgan fingerprint density at radius 2 is 1.66 bits per heavy atom. The summed E-state index contributed by atoms with van der Waals surface area (Å²) in [6.07, 6.45) is 2.15. The fraction of sp³-hybridized carbons (Fsp3) is 0.0500. The molecular weight excluding hydrogens is 386 g/mol. The molecule has 0 bridgehead atoms. The van der Waals surface area contributed by atoms with Crippen molar-refractivity contribution in [3.63, 3.8) is 0 Å². The zero-order chi connectivity index (χ0) is 20.8. The second-order valence-corrected chi connectivity index (χ2v) is 5.52. The molecule has 0 radical (unpaired) electrons. The maximum Gasteiger partial charge on any atom is 0.339 e. The van der Waals surface area contributed by atoms with Crippen LogP contribution in [0.1, 0.15) is 5.56 Å². The van der Waals surface area contributed by atoms with Crippen LogP contribution in [0.4, 0.5) is 8.78 Å². The summed E-state index contributed by atoms with van der Waals surface area (Å²) in [6, 6.07) is 10.8. The van der Waals surface area contributed by atoms with Crippen molar-refractivity contribution in [1.82, 2.24) is 9.97 Å². The van der Waals surface area contributed by atoms with Gasteiger partial charge in [0.05, 0.1) is 19.4 Å². The molecule has 7 nitrogen and oxygen atoms in total. The Kier molecular flexibility index (Phi) is 5.98.